The summed E-state index contributed by atoms with van der Waals surface area (Å²) in [5.74, 6) is 2.68. The van der Waals surface area contributed by atoms with Gasteiger partial charge in [0, 0.05) is 13.6 Å². The zero-order chi connectivity index (χ0) is 10.6. The molecule has 1 atom stereocenters. The quantitative estimate of drug-likeness (QED) is 0.662. The number of nitrogens with one attached hydrogen (secondary N) is 1. The fourth-order valence-corrected chi connectivity index (χ4v) is 1.99. The fourth-order valence-electron chi connectivity index (χ4n) is 1.99. The van der Waals surface area contributed by atoms with Crippen LogP contribution in [0.3, 0.4) is 0 Å². The summed E-state index contributed by atoms with van der Waals surface area (Å²) >= 11 is 0. The first-order valence-electron chi connectivity index (χ1n) is 5.06. The van der Waals surface area contributed by atoms with Crippen LogP contribution in [0.15, 0.2) is 0 Å². The second kappa shape index (κ2) is 4.47. The molecule has 1 N–H and O–H groups in total. The highest BCUT2D eigenvalue weighted by Gasteiger charge is 2.40. The first-order valence-corrected chi connectivity index (χ1v) is 5.06. The van der Waals surface area contributed by atoms with Crippen molar-refractivity contribution in [3.8, 4) is 12.3 Å². The zero-order valence-electron chi connectivity index (χ0n) is 8.97. The molecule has 0 radical (unpaired) electrons. The van der Waals surface area contributed by atoms with Gasteiger partial charge in [0.25, 0.3) is 0 Å². The standard InChI is InChI=1S/C11H18N2O/c1-4-8-13(3)10(14)11(5-2)6-7-12-9-11/h1,12H,5-9H2,2-3H3. The van der Waals surface area contributed by atoms with Crippen molar-refractivity contribution in [2.45, 2.75) is 19.8 Å². The monoisotopic (exact) mass is 194 g/mol. The maximum absolute atomic E-state index is 12.1. The van der Waals surface area contributed by atoms with Gasteiger partial charge in [0.15, 0.2) is 0 Å². The number of amides is 1. The number of carbonyl (C=O) groups is 1. The van der Waals surface area contributed by atoms with Crippen molar-refractivity contribution in [3.05, 3.63) is 0 Å². The Hall–Kier alpha value is -1.01. The summed E-state index contributed by atoms with van der Waals surface area (Å²) < 4.78 is 0. The molecule has 0 spiro atoms. The lowest BCUT2D eigenvalue weighted by Gasteiger charge is -2.29. The van der Waals surface area contributed by atoms with Gasteiger partial charge in [-0.3, -0.25) is 4.79 Å². The molecule has 0 aliphatic carbocycles. The minimum absolute atomic E-state index is 0.183. The van der Waals surface area contributed by atoms with E-state index in [0.717, 1.165) is 25.9 Å². The first kappa shape index (κ1) is 11.1. The van der Waals surface area contributed by atoms with Crippen LogP contribution in [0.4, 0.5) is 0 Å². The maximum atomic E-state index is 12.1. The lowest BCUT2D eigenvalue weighted by Crippen LogP contribution is -2.43. The molecule has 78 valence electrons. The molecule has 1 saturated heterocycles. The highest BCUT2D eigenvalue weighted by Crippen LogP contribution is 2.31. The largest absolute Gasteiger partial charge is 0.334 e. The number of nitrogens with zero attached hydrogens (tertiary/aromatic N) is 1. The van der Waals surface area contributed by atoms with E-state index in [1.54, 1.807) is 11.9 Å². The van der Waals surface area contributed by atoms with Gasteiger partial charge in [-0.2, -0.15) is 0 Å². The molecule has 0 aromatic rings. The third-order valence-corrected chi connectivity index (χ3v) is 3.05. The summed E-state index contributed by atoms with van der Waals surface area (Å²) in [6.07, 6.45) is 7.00. The Balaban J connectivity index is 2.70. The van der Waals surface area contributed by atoms with E-state index in [9.17, 15) is 4.79 Å². The van der Waals surface area contributed by atoms with Crippen molar-refractivity contribution in [3.63, 3.8) is 0 Å². The van der Waals surface area contributed by atoms with E-state index in [0.29, 0.717) is 6.54 Å². The van der Waals surface area contributed by atoms with Gasteiger partial charge in [-0.05, 0) is 19.4 Å². The highest BCUT2D eigenvalue weighted by molar-refractivity contribution is 5.83. The molecule has 1 aliphatic heterocycles. The molecule has 0 bridgehead atoms. The van der Waals surface area contributed by atoms with Crippen molar-refractivity contribution in [1.29, 1.82) is 0 Å². The third-order valence-electron chi connectivity index (χ3n) is 3.05. The zero-order valence-corrected chi connectivity index (χ0v) is 8.97. The fraction of sp³-hybridized carbons (Fsp3) is 0.727. The predicted molar refractivity (Wildman–Crippen MR) is 56.7 cm³/mol. The molecule has 3 heteroatoms. The number of carbonyl (C=O) groups excluding carboxylic acids is 1. The van der Waals surface area contributed by atoms with Crippen LogP contribution >= 0.6 is 0 Å². The van der Waals surface area contributed by atoms with E-state index in [4.69, 9.17) is 6.42 Å². The van der Waals surface area contributed by atoms with Crippen LogP contribution in [0.2, 0.25) is 0 Å². The minimum Gasteiger partial charge on any atom is -0.334 e. The topological polar surface area (TPSA) is 32.3 Å². The van der Waals surface area contributed by atoms with Crippen LogP contribution in [0, 0.1) is 17.8 Å². The summed E-state index contributed by atoms with van der Waals surface area (Å²) in [4.78, 5) is 13.7. The molecule has 1 rings (SSSR count). The Morgan fingerprint density at radius 1 is 1.71 bits per heavy atom. The third kappa shape index (κ3) is 1.91. The van der Waals surface area contributed by atoms with E-state index in [-0.39, 0.29) is 11.3 Å². The van der Waals surface area contributed by atoms with Crippen molar-refractivity contribution < 1.29 is 4.79 Å². The Morgan fingerprint density at radius 2 is 2.43 bits per heavy atom. The molecule has 3 nitrogen and oxygen atoms in total. The number of hydrogen-bond acceptors (Lipinski definition) is 2. The Morgan fingerprint density at radius 3 is 2.86 bits per heavy atom. The molecule has 0 aromatic carbocycles. The van der Waals surface area contributed by atoms with Gasteiger partial charge in [-0.15, -0.1) is 6.42 Å². The van der Waals surface area contributed by atoms with Gasteiger partial charge in [0.1, 0.15) is 0 Å². The van der Waals surface area contributed by atoms with E-state index in [1.165, 1.54) is 0 Å². The molecular formula is C11H18N2O. The Bertz CT molecular complexity index is 249. The molecule has 14 heavy (non-hydrogen) atoms. The Kier molecular flexibility index (Phi) is 3.54. The van der Waals surface area contributed by atoms with Gasteiger partial charge in [-0.25, -0.2) is 0 Å². The van der Waals surface area contributed by atoms with Crippen LogP contribution in [-0.2, 0) is 4.79 Å². The van der Waals surface area contributed by atoms with E-state index in [1.807, 2.05) is 0 Å². The van der Waals surface area contributed by atoms with Crippen molar-refractivity contribution >= 4 is 5.91 Å². The van der Waals surface area contributed by atoms with Gasteiger partial charge in [0.05, 0.1) is 12.0 Å². The van der Waals surface area contributed by atoms with Gasteiger partial charge >= 0.3 is 0 Å². The molecule has 0 saturated carbocycles. The van der Waals surface area contributed by atoms with Crippen LogP contribution in [0.1, 0.15) is 19.8 Å². The lowest BCUT2D eigenvalue weighted by atomic mass is 9.83. The van der Waals surface area contributed by atoms with E-state index in [2.05, 4.69) is 18.2 Å². The lowest BCUT2D eigenvalue weighted by molar-refractivity contribution is -0.139. The normalized spacial score (nSPS) is 25.8. The second-order valence-electron chi connectivity index (χ2n) is 3.93. The summed E-state index contributed by atoms with van der Waals surface area (Å²) in [5, 5.41) is 3.24. The molecule has 1 unspecified atom stereocenters. The Labute approximate surface area is 85.9 Å². The SMILES string of the molecule is C#CCN(C)C(=O)C1(CC)CCNC1. The average Bonchev–Trinajstić information content (AvgIpc) is 2.66. The van der Waals surface area contributed by atoms with E-state index < -0.39 is 0 Å². The average molecular weight is 194 g/mol. The summed E-state index contributed by atoms with van der Waals surface area (Å²) in [5.41, 5.74) is -0.203. The summed E-state index contributed by atoms with van der Waals surface area (Å²) in [6, 6.07) is 0. The highest BCUT2D eigenvalue weighted by atomic mass is 16.2. The number of rotatable bonds is 3. The molecule has 1 amide bonds. The van der Waals surface area contributed by atoms with Gasteiger partial charge in [-0.1, -0.05) is 12.8 Å². The van der Waals surface area contributed by atoms with Crippen LogP contribution in [0.5, 0.6) is 0 Å². The van der Waals surface area contributed by atoms with Crippen LogP contribution < -0.4 is 5.32 Å². The van der Waals surface area contributed by atoms with E-state index >= 15 is 0 Å². The van der Waals surface area contributed by atoms with Gasteiger partial charge < -0.3 is 10.2 Å². The number of hydrogen-bond donors (Lipinski definition) is 1. The molecule has 0 aromatic heterocycles. The first-order chi connectivity index (χ1) is 6.66. The number of terminal acetylenes is 1. The molecule has 1 aliphatic rings. The van der Waals surface area contributed by atoms with Crippen LogP contribution in [-0.4, -0.2) is 37.5 Å². The summed E-state index contributed by atoms with van der Waals surface area (Å²) in [7, 11) is 1.78. The van der Waals surface area contributed by atoms with Crippen LogP contribution in [0.25, 0.3) is 0 Å². The maximum Gasteiger partial charge on any atom is 0.230 e. The minimum atomic E-state index is -0.203. The smallest absolute Gasteiger partial charge is 0.230 e. The summed E-state index contributed by atoms with van der Waals surface area (Å²) in [6.45, 7) is 4.19. The predicted octanol–water partition coefficient (Wildman–Crippen LogP) is 0.468. The molecule has 1 heterocycles. The second-order valence-corrected chi connectivity index (χ2v) is 3.93. The van der Waals surface area contributed by atoms with Crippen molar-refractivity contribution in [2.75, 3.05) is 26.7 Å². The van der Waals surface area contributed by atoms with Crippen molar-refractivity contribution in [1.82, 2.24) is 10.2 Å². The van der Waals surface area contributed by atoms with Crippen molar-refractivity contribution in [2.24, 2.45) is 5.41 Å². The molecule has 1 fully saturated rings. The van der Waals surface area contributed by atoms with Gasteiger partial charge in [0.2, 0.25) is 5.91 Å². The molecular weight excluding hydrogens is 176 g/mol.